The van der Waals surface area contributed by atoms with Crippen molar-refractivity contribution in [3.05, 3.63) is 66.3 Å². The lowest BCUT2D eigenvalue weighted by molar-refractivity contribution is 0.403. The summed E-state index contributed by atoms with van der Waals surface area (Å²) in [5.74, 6) is 0.758. The van der Waals surface area contributed by atoms with Crippen LogP contribution >= 0.6 is 0 Å². The van der Waals surface area contributed by atoms with Gasteiger partial charge >= 0.3 is 0 Å². The predicted octanol–water partition coefficient (Wildman–Crippen LogP) is 5.78. The van der Waals surface area contributed by atoms with Crippen LogP contribution in [0.4, 0.5) is 0 Å². The van der Waals surface area contributed by atoms with Crippen molar-refractivity contribution >= 4 is 5.57 Å². The molecule has 1 aliphatic carbocycles. The molecule has 0 unspecified atom stereocenters. The molecule has 0 saturated heterocycles. The summed E-state index contributed by atoms with van der Waals surface area (Å²) >= 11 is 0. The summed E-state index contributed by atoms with van der Waals surface area (Å²) in [5, 5.41) is 0. The summed E-state index contributed by atoms with van der Waals surface area (Å²) in [4.78, 5) is 0. The lowest BCUT2D eigenvalue weighted by Gasteiger charge is -2.22. The van der Waals surface area contributed by atoms with Gasteiger partial charge in [-0.2, -0.15) is 0 Å². The molecule has 1 aliphatic rings. The lowest BCUT2D eigenvalue weighted by atomic mass is 9.83. The number of hydrogen-bond donors (Lipinski definition) is 0. The van der Waals surface area contributed by atoms with Gasteiger partial charge in [-0.25, -0.2) is 0 Å². The van der Waals surface area contributed by atoms with Gasteiger partial charge in [0.15, 0.2) is 0 Å². The van der Waals surface area contributed by atoms with E-state index in [-0.39, 0.29) is 0 Å². The Labute approximate surface area is 117 Å². The minimum absolute atomic E-state index is 0.758. The smallest absolute Gasteiger partial charge is 0.0184 e. The van der Waals surface area contributed by atoms with Gasteiger partial charge in [-0.1, -0.05) is 74.4 Å². The van der Waals surface area contributed by atoms with Gasteiger partial charge in [0, 0.05) is 0 Å². The van der Waals surface area contributed by atoms with Gasteiger partial charge in [0.2, 0.25) is 0 Å². The van der Waals surface area contributed by atoms with Crippen LogP contribution in [0.3, 0.4) is 0 Å². The van der Waals surface area contributed by atoms with Gasteiger partial charge < -0.3 is 0 Å². The fourth-order valence-corrected chi connectivity index (χ4v) is 2.86. The van der Waals surface area contributed by atoms with E-state index in [9.17, 15) is 0 Å². The van der Waals surface area contributed by atoms with E-state index >= 15 is 0 Å². The molecule has 0 aromatic heterocycles. The monoisotopic (exact) mass is 252 g/mol. The van der Waals surface area contributed by atoms with E-state index in [0.29, 0.717) is 0 Å². The van der Waals surface area contributed by atoms with E-state index in [0.717, 1.165) is 17.1 Å². The van der Waals surface area contributed by atoms with Crippen LogP contribution in [0.2, 0.25) is 0 Å². The van der Waals surface area contributed by atoms with Crippen molar-refractivity contribution in [1.82, 2.24) is 0 Å². The fourth-order valence-electron chi connectivity index (χ4n) is 2.86. The maximum absolute atomic E-state index is 4.19. The maximum Gasteiger partial charge on any atom is -0.0184 e. The van der Waals surface area contributed by atoms with Crippen molar-refractivity contribution in [3.63, 3.8) is 0 Å². The van der Waals surface area contributed by atoms with E-state index < -0.39 is 0 Å². The largest absolute Gasteiger partial charge is 0.0912 e. The van der Waals surface area contributed by atoms with Crippen molar-refractivity contribution in [1.29, 1.82) is 0 Å². The topological polar surface area (TPSA) is 0 Å². The summed E-state index contributed by atoms with van der Waals surface area (Å²) in [7, 11) is 0. The molecule has 0 N–H and O–H groups in total. The Bertz CT molecular complexity index is 470. The van der Waals surface area contributed by atoms with Gasteiger partial charge in [0.25, 0.3) is 0 Å². The minimum atomic E-state index is 0.758. The third-order valence-corrected chi connectivity index (χ3v) is 4.16. The highest BCUT2D eigenvalue weighted by Crippen LogP contribution is 2.31. The molecule has 1 fully saturated rings. The van der Waals surface area contributed by atoms with Gasteiger partial charge in [-0.05, 0) is 42.4 Å². The predicted molar refractivity (Wildman–Crippen MR) is 84.9 cm³/mol. The Hall–Kier alpha value is -1.56. The molecule has 0 heterocycles. The van der Waals surface area contributed by atoms with Crippen LogP contribution in [-0.4, -0.2) is 0 Å². The van der Waals surface area contributed by atoms with E-state index in [1.807, 2.05) is 18.2 Å². The van der Waals surface area contributed by atoms with Gasteiger partial charge in [-0.15, -0.1) is 0 Å². The summed E-state index contributed by atoms with van der Waals surface area (Å²) in [6.45, 7) is 10.6. The van der Waals surface area contributed by atoms with E-state index in [1.54, 1.807) is 0 Å². The van der Waals surface area contributed by atoms with Crippen LogP contribution in [0.15, 0.2) is 60.7 Å². The highest BCUT2D eigenvalue weighted by Gasteiger charge is 2.15. The van der Waals surface area contributed by atoms with E-state index in [4.69, 9.17) is 0 Å². The lowest BCUT2D eigenvalue weighted by Crippen LogP contribution is -2.07. The van der Waals surface area contributed by atoms with Gasteiger partial charge in [0.05, 0.1) is 0 Å². The van der Waals surface area contributed by atoms with Crippen molar-refractivity contribution in [2.24, 2.45) is 5.92 Å². The van der Waals surface area contributed by atoms with E-state index in [1.165, 1.54) is 43.2 Å². The van der Waals surface area contributed by atoms with Crippen LogP contribution in [0.25, 0.3) is 5.57 Å². The Kier molecular flexibility index (Phi) is 4.79. The number of rotatable bonds is 4. The molecule has 0 spiro atoms. The molecule has 2 rings (SSSR count). The Morgan fingerprint density at radius 2 is 1.68 bits per heavy atom. The summed E-state index contributed by atoms with van der Waals surface area (Å²) < 4.78 is 0. The quantitative estimate of drug-likeness (QED) is 0.596. The molecule has 1 saturated carbocycles. The average molecular weight is 252 g/mol. The number of allylic oxidation sites excluding steroid dienone is 4. The second kappa shape index (κ2) is 6.56. The number of benzene rings is 1. The highest BCUT2D eigenvalue weighted by atomic mass is 14.2. The Morgan fingerprint density at radius 1 is 1.05 bits per heavy atom. The zero-order chi connectivity index (χ0) is 13.7. The first-order valence-corrected chi connectivity index (χ1v) is 7.30. The summed E-state index contributed by atoms with van der Waals surface area (Å²) in [6.07, 6.45) is 9.08. The van der Waals surface area contributed by atoms with Crippen molar-refractivity contribution < 1.29 is 0 Å². The second-order valence-electron chi connectivity index (χ2n) is 5.59. The Balaban J connectivity index is 2.05. The molecule has 100 valence electrons. The van der Waals surface area contributed by atoms with Crippen LogP contribution < -0.4 is 0 Å². The second-order valence-corrected chi connectivity index (χ2v) is 5.59. The molecule has 0 nitrogen and oxygen atoms in total. The maximum atomic E-state index is 4.19. The molecular formula is C19H24. The average Bonchev–Trinajstić information content (AvgIpc) is 2.48. The minimum Gasteiger partial charge on any atom is -0.0912 e. The third-order valence-electron chi connectivity index (χ3n) is 4.16. The third kappa shape index (κ3) is 3.70. The Morgan fingerprint density at radius 3 is 2.32 bits per heavy atom. The normalized spacial score (nSPS) is 17.2. The standard InChI is InChI=1S/C19H24/c1-15(17(3)19-12-8-5-9-13-19)14-16(2)18-10-6-4-7-11-18/h5,8-9,12-14,18H,1,3-4,6-7,10-11H2,2H3/b16-14+. The molecule has 1 aromatic carbocycles. The van der Waals surface area contributed by atoms with Crippen molar-refractivity contribution in [2.75, 3.05) is 0 Å². The van der Waals surface area contributed by atoms with Crippen LogP contribution in [-0.2, 0) is 0 Å². The molecule has 0 radical (unpaired) electrons. The first-order valence-electron chi connectivity index (χ1n) is 7.30. The van der Waals surface area contributed by atoms with Gasteiger partial charge in [0.1, 0.15) is 0 Å². The van der Waals surface area contributed by atoms with Crippen molar-refractivity contribution in [2.45, 2.75) is 39.0 Å². The molecule has 19 heavy (non-hydrogen) atoms. The van der Waals surface area contributed by atoms with Crippen LogP contribution in [0, 0.1) is 5.92 Å². The highest BCUT2D eigenvalue weighted by molar-refractivity contribution is 5.79. The van der Waals surface area contributed by atoms with Crippen LogP contribution in [0.5, 0.6) is 0 Å². The van der Waals surface area contributed by atoms with Crippen LogP contribution in [0.1, 0.15) is 44.6 Å². The molecule has 0 aliphatic heterocycles. The fraction of sp³-hybridized carbons (Fsp3) is 0.368. The first-order chi connectivity index (χ1) is 9.18. The molecule has 0 atom stereocenters. The first kappa shape index (κ1) is 13.9. The number of hydrogen-bond acceptors (Lipinski definition) is 0. The molecular weight excluding hydrogens is 228 g/mol. The summed E-state index contributed by atoms with van der Waals surface area (Å²) in [6, 6.07) is 10.3. The SMILES string of the molecule is C=C(/C=C(\C)C1CCCCC1)C(=C)c1ccccc1. The molecule has 0 heteroatoms. The summed E-state index contributed by atoms with van der Waals surface area (Å²) in [5.41, 5.74) is 4.73. The zero-order valence-electron chi connectivity index (χ0n) is 12.0. The van der Waals surface area contributed by atoms with Crippen molar-refractivity contribution in [3.8, 4) is 0 Å². The molecule has 0 amide bonds. The van der Waals surface area contributed by atoms with E-state index in [2.05, 4.69) is 38.3 Å². The molecule has 1 aromatic rings. The molecule has 0 bridgehead atoms. The zero-order valence-corrected chi connectivity index (χ0v) is 12.0. The van der Waals surface area contributed by atoms with Gasteiger partial charge in [-0.3, -0.25) is 0 Å².